The number of hydrogen-bond acceptors (Lipinski definition) is 4. The minimum absolute atomic E-state index is 0.299. The van der Waals surface area contributed by atoms with Crippen molar-refractivity contribution in [3.05, 3.63) is 18.0 Å². The molecule has 0 aromatic carbocycles. The van der Waals surface area contributed by atoms with Gasteiger partial charge in [0.25, 0.3) is 0 Å². The predicted molar refractivity (Wildman–Crippen MR) is 64.7 cm³/mol. The molecule has 84 valence electrons. The van der Waals surface area contributed by atoms with E-state index in [1.807, 2.05) is 25.1 Å². The molecule has 5 heteroatoms. The molecular formula is C10H16BrN3O. The van der Waals surface area contributed by atoms with Crippen LogP contribution in [0.4, 0.5) is 5.95 Å². The Morgan fingerprint density at radius 1 is 1.53 bits per heavy atom. The fraction of sp³-hybridized carbons (Fsp3) is 0.600. The van der Waals surface area contributed by atoms with Crippen LogP contribution in [0, 0.1) is 0 Å². The summed E-state index contributed by atoms with van der Waals surface area (Å²) in [5.74, 6) is 0.740. The van der Waals surface area contributed by atoms with E-state index in [1.165, 1.54) is 0 Å². The summed E-state index contributed by atoms with van der Waals surface area (Å²) in [5.41, 5.74) is 1.02. The summed E-state index contributed by atoms with van der Waals surface area (Å²) in [4.78, 5) is 10.8. The maximum absolute atomic E-state index is 5.05. The third-order valence-corrected chi connectivity index (χ3v) is 2.47. The van der Waals surface area contributed by atoms with Crippen molar-refractivity contribution in [3.63, 3.8) is 0 Å². The molecule has 1 aromatic heterocycles. The fourth-order valence-electron chi connectivity index (χ4n) is 1.18. The number of rotatable bonds is 5. The highest BCUT2D eigenvalue weighted by Gasteiger charge is 2.07. The van der Waals surface area contributed by atoms with E-state index < -0.39 is 0 Å². The van der Waals surface area contributed by atoms with Crippen molar-refractivity contribution in [3.8, 4) is 0 Å². The summed E-state index contributed by atoms with van der Waals surface area (Å²) in [6, 6.07) is 1.93. The van der Waals surface area contributed by atoms with Crippen LogP contribution >= 0.6 is 15.9 Å². The molecule has 1 rings (SSSR count). The number of alkyl halides is 1. The first kappa shape index (κ1) is 12.4. The van der Waals surface area contributed by atoms with Gasteiger partial charge >= 0.3 is 0 Å². The van der Waals surface area contributed by atoms with Gasteiger partial charge in [-0.3, -0.25) is 0 Å². The standard InChI is InChI=1S/C10H16BrN3O/c1-14(2)10-12-5-4-9(13-10)6-8(11)7-15-3/h4-5,8H,6-7H2,1-3H3. The highest BCUT2D eigenvalue weighted by atomic mass is 79.9. The molecule has 0 saturated heterocycles. The normalized spacial score (nSPS) is 12.5. The lowest BCUT2D eigenvalue weighted by atomic mass is 10.2. The molecular weight excluding hydrogens is 258 g/mol. The highest BCUT2D eigenvalue weighted by Crippen LogP contribution is 2.10. The van der Waals surface area contributed by atoms with Crippen LogP contribution in [0.15, 0.2) is 12.3 Å². The van der Waals surface area contributed by atoms with Crippen molar-refractivity contribution in [2.24, 2.45) is 0 Å². The number of anilines is 1. The molecule has 0 spiro atoms. The fourth-order valence-corrected chi connectivity index (χ4v) is 1.78. The van der Waals surface area contributed by atoms with Crippen LogP contribution in [-0.2, 0) is 11.2 Å². The minimum atomic E-state index is 0.299. The van der Waals surface area contributed by atoms with Crippen LogP contribution in [0.1, 0.15) is 5.69 Å². The van der Waals surface area contributed by atoms with Crippen LogP contribution in [0.3, 0.4) is 0 Å². The Morgan fingerprint density at radius 3 is 2.87 bits per heavy atom. The molecule has 0 aliphatic carbocycles. The molecule has 0 aliphatic heterocycles. The Morgan fingerprint density at radius 2 is 2.27 bits per heavy atom. The van der Waals surface area contributed by atoms with E-state index in [-0.39, 0.29) is 0 Å². The third kappa shape index (κ3) is 4.13. The quantitative estimate of drug-likeness (QED) is 0.763. The molecule has 0 amide bonds. The topological polar surface area (TPSA) is 38.2 Å². The predicted octanol–water partition coefficient (Wildman–Crippen LogP) is 1.50. The van der Waals surface area contributed by atoms with E-state index in [1.54, 1.807) is 13.3 Å². The van der Waals surface area contributed by atoms with Crippen LogP contribution in [0.5, 0.6) is 0 Å². The van der Waals surface area contributed by atoms with Gasteiger partial charge < -0.3 is 9.64 Å². The van der Waals surface area contributed by atoms with Crippen LogP contribution in [-0.4, -0.2) is 42.6 Å². The molecule has 1 unspecified atom stereocenters. The number of aromatic nitrogens is 2. The first-order valence-electron chi connectivity index (χ1n) is 4.75. The highest BCUT2D eigenvalue weighted by molar-refractivity contribution is 9.09. The van der Waals surface area contributed by atoms with Crippen LogP contribution in [0.2, 0.25) is 0 Å². The van der Waals surface area contributed by atoms with E-state index >= 15 is 0 Å². The molecule has 0 aliphatic rings. The first-order chi connectivity index (χ1) is 7.13. The van der Waals surface area contributed by atoms with Gasteiger partial charge in [0, 0.05) is 44.3 Å². The molecule has 0 saturated carbocycles. The van der Waals surface area contributed by atoms with E-state index in [4.69, 9.17) is 4.74 Å². The summed E-state index contributed by atoms with van der Waals surface area (Å²) in [6.07, 6.45) is 2.63. The summed E-state index contributed by atoms with van der Waals surface area (Å²) in [5, 5.41) is 0. The zero-order valence-electron chi connectivity index (χ0n) is 9.27. The zero-order chi connectivity index (χ0) is 11.3. The third-order valence-electron chi connectivity index (χ3n) is 1.88. The molecule has 15 heavy (non-hydrogen) atoms. The molecule has 0 bridgehead atoms. The molecule has 1 heterocycles. The summed E-state index contributed by atoms with van der Waals surface area (Å²) in [6.45, 7) is 0.682. The Hall–Kier alpha value is -0.680. The molecule has 1 atom stereocenters. The number of nitrogens with zero attached hydrogens (tertiary/aromatic N) is 3. The average Bonchev–Trinajstić information content (AvgIpc) is 2.18. The van der Waals surface area contributed by atoms with Gasteiger partial charge in [-0.25, -0.2) is 9.97 Å². The van der Waals surface area contributed by atoms with Crippen molar-refractivity contribution >= 4 is 21.9 Å². The van der Waals surface area contributed by atoms with Crippen LogP contribution in [0.25, 0.3) is 0 Å². The number of methoxy groups -OCH3 is 1. The van der Waals surface area contributed by atoms with E-state index in [2.05, 4.69) is 25.9 Å². The maximum Gasteiger partial charge on any atom is 0.224 e. The first-order valence-corrected chi connectivity index (χ1v) is 5.67. The summed E-state index contributed by atoms with van der Waals surface area (Å²) >= 11 is 3.54. The van der Waals surface area contributed by atoms with Gasteiger partial charge in [0.2, 0.25) is 5.95 Å². The monoisotopic (exact) mass is 273 g/mol. The van der Waals surface area contributed by atoms with E-state index in [0.717, 1.165) is 18.1 Å². The average molecular weight is 274 g/mol. The van der Waals surface area contributed by atoms with Crippen molar-refractivity contribution in [1.82, 2.24) is 9.97 Å². The van der Waals surface area contributed by atoms with Gasteiger partial charge in [-0.05, 0) is 6.07 Å². The number of halogens is 1. The van der Waals surface area contributed by atoms with Crippen molar-refractivity contribution in [2.75, 3.05) is 32.7 Å². The van der Waals surface area contributed by atoms with Gasteiger partial charge in [0.1, 0.15) is 0 Å². The van der Waals surface area contributed by atoms with Crippen molar-refractivity contribution < 1.29 is 4.74 Å². The maximum atomic E-state index is 5.05. The summed E-state index contributed by atoms with van der Waals surface area (Å²) < 4.78 is 5.05. The Bertz CT molecular complexity index is 306. The Balaban J connectivity index is 2.65. The number of ether oxygens (including phenoxy) is 1. The lowest BCUT2D eigenvalue weighted by Gasteiger charge is -2.12. The smallest absolute Gasteiger partial charge is 0.224 e. The van der Waals surface area contributed by atoms with Crippen LogP contribution < -0.4 is 4.90 Å². The van der Waals surface area contributed by atoms with Gasteiger partial charge in [0.05, 0.1) is 6.61 Å². The van der Waals surface area contributed by atoms with E-state index in [0.29, 0.717) is 11.4 Å². The molecule has 0 radical (unpaired) electrons. The second kappa shape index (κ2) is 6.02. The largest absolute Gasteiger partial charge is 0.384 e. The molecule has 0 N–H and O–H groups in total. The van der Waals surface area contributed by atoms with Gasteiger partial charge in [-0.2, -0.15) is 0 Å². The Kier molecular flexibility index (Phi) is 4.98. The summed E-state index contributed by atoms with van der Waals surface area (Å²) in [7, 11) is 5.55. The van der Waals surface area contributed by atoms with Gasteiger partial charge in [0.15, 0.2) is 0 Å². The van der Waals surface area contributed by atoms with Gasteiger partial charge in [-0.15, -0.1) is 0 Å². The second-order valence-electron chi connectivity index (χ2n) is 3.50. The number of hydrogen-bond donors (Lipinski definition) is 0. The lowest BCUT2D eigenvalue weighted by Crippen LogP contribution is -2.15. The molecule has 1 aromatic rings. The SMILES string of the molecule is COCC(Br)Cc1ccnc(N(C)C)n1. The van der Waals surface area contributed by atoms with Crippen molar-refractivity contribution in [2.45, 2.75) is 11.2 Å². The zero-order valence-corrected chi connectivity index (χ0v) is 10.9. The lowest BCUT2D eigenvalue weighted by molar-refractivity contribution is 0.200. The molecule has 0 fully saturated rings. The Labute approximate surface area is 98.8 Å². The minimum Gasteiger partial charge on any atom is -0.384 e. The van der Waals surface area contributed by atoms with E-state index in [9.17, 15) is 0 Å². The van der Waals surface area contributed by atoms with Gasteiger partial charge in [-0.1, -0.05) is 15.9 Å². The molecule has 4 nitrogen and oxygen atoms in total. The van der Waals surface area contributed by atoms with Crippen molar-refractivity contribution in [1.29, 1.82) is 0 Å². The second-order valence-corrected chi connectivity index (χ2v) is 4.79.